The molecule has 0 aromatic heterocycles. The lowest BCUT2D eigenvalue weighted by Gasteiger charge is -2.19. The minimum absolute atomic E-state index is 0.143. The van der Waals surface area contributed by atoms with E-state index >= 15 is 0 Å². The molecule has 0 atom stereocenters. The summed E-state index contributed by atoms with van der Waals surface area (Å²) in [5, 5.41) is 3.30. The fraction of sp³-hybridized carbons (Fsp3) is 0.778. The summed E-state index contributed by atoms with van der Waals surface area (Å²) >= 11 is 0. The van der Waals surface area contributed by atoms with Crippen LogP contribution in [0.5, 0.6) is 0 Å². The van der Waals surface area contributed by atoms with E-state index in [1.54, 1.807) is 0 Å². The molecule has 0 aliphatic carbocycles. The van der Waals surface area contributed by atoms with E-state index in [0.29, 0.717) is 0 Å². The fourth-order valence-electron chi connectivity index (χ4n) is 1.31. The van der Waals surface area contributed by atoms with E-state index in [1.165, 1.54) is 5.57 Å². The smallest absolute Gasteiger partial charge is 0.408 e. The molecular formula is C9H18BNO. The second kappa shape index (κ2) is 3.63. The average molecular weight is 167 g/mol. The zero-order valence-corrected chi connectivity index (χ0v) is 8.48. The summed E-state index contributed by atoms with van der Waals surface area (Å²) in [7, 11) is 0.143. The molecule has 1 N–H and O–H groups in total. The highest BCUT2D eigenvalue weighted by Crippen LogP contribution is 2.26. The number of hydrogen-bond donors (Lipinski definition) is 1. The van der Waals surface area contributed by atoms with Crippen molar-refractivity contribution in [1.29, 1.82) is 0 Å². The first kappa shape index (κ1) is 9.81. The molecular weight excluding hydrogens is 149 g/mol. The van der Waals surface area contributed by atoms with E-state index < -0.39 is 0 Å². The van der Waals surface area contributed by atoms with Gasteiger partial charge in [-0.3, -0.25) is 0 Å². The first-order valence-corrected chi connectivity index (χ1v) is 4.60. The predicted octanol–water partition coefficient (Wildman–Crippen LogP) is 1.63. The molecule has 0 aromatic rings. The lowest BCUT2D eigenvalue weighted by molar-refractivity contribution is 0.344. The first-order valence-electron chi connectivity index (χ1n) is 4.60. The maximum atomic E-state index is 5.44. The molecule has 0 unspecified atom stereocenters. The highest BCUT2D eigenvalue weighted by atomic mass is 16.4. The molecule has 2 nitrogen and oxygen atoms in total. The summed E-state index contributed by atoms with van der Waals surface area (Å²) in [6.45, 7) is 10.4. The summed E-state index contributed by atoms with van der Waals surface area (Å²) in [6, 6.07) is 0. The van der Waals surface area contributed by atoms with Gasteiger partial charge in [-0.15, -0.1) is 0 Å². The van der Waals surface area contributed by atoms with Crippen LogP contribution in [0.1, 0.15) is 27.7 Å². The van der Waals surface area contributed by atoms with Crippen molar-refractivity contribution in [1.82, 2.24) is 5.23 Å². The Balaban J connectivity index is 2.54. The largest absolute Gasteiger partial charge is 0.418 e. The van der Waals surface area contributed by atoms with Crippen molar-refractivity contribution < 1.29 is 4.65 Å². The van der Waals surface area contributed by atoms with Crippen LogP contribution in [0.25, 0.3) is 0 Å². The van der Waals surface area contributed by atoms with Gasteiger partial charge in [0.25, 0.3) is 0 Å². The number of nitrogens with one attached hydrogen (secondary N) is 1. The summed E-state index contributed by atoms with van der Waals surface area (Å²) in [5.41, 5.74) is 1.72. The van der Waals surface area contributed by atoms with Gasteiger partial charge < -0.3 is 9.88 Å². The van der Waals surface area contributed by atoms with Crippen LogP contribution >= 0.6 is 0 Å². The first-order chi connectivity index (χ1) is 5.54. The minimum atomic E-state index is 0.143. The SMILES string of the molecule is CCOB1C=C(C(C)(C)C)CN1. The Morgan fingerprint density at radius 3 is 2.67 bits per heavy atom. The van der Waals surface area contributed by atoms with Crippen molar-refractivity contribution in [3.05, 3.63) is 11.5 Å². The van der Waals surface area contributed by atoms with Crippen molar-refractivity contribution >= 4 is 7.05 Å². The van der Waals surface area contributed by atoms with Crippen LogP contribution in [0.15, 0.2) is 11.5 Å². The molecule has 0 fully saturated rings. The van der Waals surface area contributed by atoms with Gasteiger partial charge >= 0.3 is 7.05 Å². The van der Waals surface area contributed by atoms with Crippen molar-refractivity contribution in [3.8, 4) is 0 Å². The second-order valence-corrected chi connectivity index (χ2v) is 4.20. The van der Waals surface area contributed by atoms with Gasteiger partial charge in [0.2, 0.25) is 0 Å². The van der Waals surface area contributed by atoms with E-state index in [2.05, 4.69) is 32.0 Å². The molecule has 0 amide bonds. The molecule has 68 valence electrons. The Labute approximate surface area is 75.5 Å². The Morgan fingerprint density at radius 1 is 1.58 bits per heavy atom. The lowest BCUT2D eigenvalue weighted by Crippen LogP contribution is -2.31. The third-order valence-electron chi connectivity index (χ3n) is 2.16. The molecule has 1 rings (SSSR count). The molecule has 3 heteroatoms. The summed E-state index contributed by atoms with van der Waals surface area (Å²) in [5.74, 6) is 2.20. The van der Waals surface area contributed by atoms with Gasteiger partial charge in [-0.05, 0) is 12.3 Å². The van der Waals surface area contributed by atoms with Crippen LogP contribution in [-0.4, -0.2) is 20.2 Å². The van der Waals surface area contributed by atoms with E-state index in [1.807, 2.05) is 6.92 Å². The van der Waals surface area contributed by atoms with Crippen LogP contribution in [-0.2, 0) is 4.65 Å². The summed E-state index contributed by atoms with van der Waals surface area (Å²) < 4.78 is 5.44. The predicted molar refractivity (Wildman–Crippen MR) is 52.9 cm³/mol. The van der Waals surface area contributed by atoms with E-state index in [9.17, 15) is 0 Å². The lowest BCUT2D eigenvalue weighted by atomic mass is 9.80. The molecule has 12 heavy (non-hydrogen) atoms. The van der Waals surface area contributed by atoms with Crippen LogP contribution < -0.4 is 5.23 Å². The Hall–Kier alpha value is -0.275. The molecule has 0 radical (unpaired) electrons. The highest BCUT2D eigenvalue weighted by Gasteiger charge is 2.26. The maximum absolute atomic E-state index is 5.44. The van der Waals surface area contributed by atoms with Gasteiger partial charge in [0.05, 0.1) is 0 Å². The van der Waals surface area contributed by atoms with Crippen LogP contribution in [0.3, 0.4) is 0 Å². The van der Waals surface area contributed by atoms with Gasteiger partial charge in [0.1, 0.15) is 0 Å². The van der Waals surface area contributed by atoms with Crippen LogP contribution in [0, 0.1) is 5.41 Å². The third kappa shape index (κ3) is 2.36. The van der Waals surface area contributed by atoms with Gasteiger partial charge in [0.15, 0.2) is 0 Å². The van der Waals surface area contributed by atoms with E-state index in [-0.39, 0.29) is 12.5 Å². The topological polar surface area (TPSA) is 21.3 Å². The van der Waals surface area contributed by atoms with Gasteiger partial charge in [-0.1, -0.05) is 32.3 Å². The van der Waals surface area contributed by atoms with Gasteiger partial charge in [-0.2, -0.15) is 0 Å². The third-order valence-corrected chi connectivity index (χ3v) is 2.16. The molecule has 1 heterocycles. The molecule has 0 saturated heterocycles. The van der Waals surface area contributed by atoms with E-state index in [4.69, 9.17) is 4.65 Å². The standard InChI is InChI=1S/C9H18BNO/c1-5-12-10-6-8(7-11-10)9(2,3)4/h6,11H,5,7H2,1-4H3. The number of hydrogen-bond acceptors (Lipinski definition) is 2. The maximum Gasteiger partial charge on any atom is 0.408 e. The Bertz CT molecular complexity index is 183. The highest BCUT2D eigenvalue weighted by molar-refractivity contribution is 6.56. The van der Waals surface area contributed by atoms with Crippen LogP contribution in [0.2, 0.25) is 0 Å². The van der Waals surface area contributed by atoms with Gasteiger partial charge in [-0.25, -0.2) is 0 Å². The molecule has 0 spiro atoms. The zero-order chi connectivity index (χ0) is 9.19. The van der Waals surface area contributed by atoms with Crippen molar-refractivity contribution in [3.63, 3.8) is 0 Å². The van der Waals surface area contributed by atoms with Crippen molar-refractivity contribution in [2.24, 2.45) is 5.41 Å². The molecule has 1 aliphatic rings. The van der Waals surface area contributed by atoms with E-state index in [0.717, 1.165) is 13.2 Å². The Kier molecular flexibility index (Phi) is 2.96. The summed E-state index contributed by atoms with van der Waals surface area (Å²) in [6.07, 6.45) is 0. The minimum Gasteiger partial charge on any atom is -0.418 e. The van der Waals surface area contributed by atoms with Crippen molar-refractivity contribution in [2.75, 3.05) is 13.2 Å². The monoisotopic (exact) mass is 167 g/mol. The molecule has 0 saturated carbocycles. The quantitative estimate of drug-likeness (QED) is 0.631. The number of rotatable bonds is 2. The second-order valence-electron chi connectivity index (χ2n) is 4.20. The van der Waals surface area contributed by atoms with Crippen LogP contribution in [0.4, 0.5) is 0 Å². The molecule has 1 aliphatic heterocycles. The molecule has 0 bridgehead atoms. The Morgan fingerprint density at radius 2 is 2.25 bits per heavy atom. The van der Waals surface area contributed by atoms with Gasteiger partial charge in [0, 0.05) is 13.2 Å². The zero-order valence-electron chi connectivity index (χ0n) is 8.48. The van der Waals surface area contributed by atoms with Crippen molar-refractivity contribution in [2.45, 2.75) is 27.7 Å². The fourth-order valence-corrected chi connectivity index (χ4v) is 1.31. The normalized spacial score (nSPS) is 18.3. The summed E-state index contributed by atoms with van der Waals surface area (Å²) in [4.78, 5) is 0. The molecule has 0 aromatic carbocycles. The average Bonchev–Trinajstić information content (AvgIpc) is 2.35.